The van der Waals surface area contributed by atoms with Crippen LogP contribution in [0.5, 0.6) is 5.75 Å². The second kappa shape index (κ2) is 17.9. The molecule has 15 nitrogen and oxygen atoms in total. The summed E-state index contributed by atoms with van der Waals surface area (Å²) in [5.41, 5.74) is 1.46. The topological polar surface area (TPSA) is 212 Å². The summed E-state index contributed by atoms with van der Waals surface area (Å²) in [6.45, 7) is 4.21. The molecule has 58 heavy (non-hydrogen) atoms. The van der Waals surface area contributed by atoms with Crippen molar-refractivity contribution in [1.82, 2.24) is 25.3 Å². The maximum absolute atomic E-state index is 13.3. The van der Waals surface area contributed by atoms with Gasteiger partial charge in [-0.05, 0) is 113 Å². The molecule has 4 fully saturated rings. The summed E-state index contributed by atoms with van der Waals surface area (Å²) in [6, 6.07) is 11.3. The molecule has 1 unspecified atom stereocenters. The van der Waals surface area contributed by atoms with E-state index in [1.165, 1.54) is 12.2 Å². The van der Waals surface area contributed by atoms with Crippen LogP contribution in [-0.2, 0) is 14.4 Å². The SMILES string of the molecule is N#Cc1ccc(OC2CCC(NC(=O)C(=N)/C=C\C(=N)N3CCC(CN4CCC[C@@H](Nc5ccc6c(c5)C(=O)N(C5CCC(=O)NC5=O)C6=O)C4)CC3)CC2)cc1Cl. The average Bonchev–Trinajstić information content (AvgIpc) is 3.45. The zero-order chi connectivity index (χ0) is 40.9. The minimum atomic E-state index is -0.996. The minimum absolute atomic E-state index is 0.0240. The van der Waals surface area contributed by atoms with Crippen LogP contribution >= 0.6 is 11.6 Å². The Labute approximate surface area is 342 Å². The zero-order valence-corrected chi connectivity index (χ0v) is 33.0. The van der Waals surface area contributed by atoms with E-state index in [1.807, 2.05) is 11.0 Å². The van der Waals surface area contributed by atoms with Gasteiger partial charge in [0.1, 0.15) is 29.4 Å². The molecule has 0 radical (unpaired) electrons. The highest BCUT2D eigenvalue weighted by molar-refractivity contribution is 6.42. The molecule has 0 bridgehead atoms. The Balaban J connectivity index is 0.810. The summed E-state index contributed by atoms with van der Waals surface area (Å²) in [7, 11) is 0. The van der Waals surface area contributed by atoms with Crippen molar-refractivity contribution >= 4 is 58.4 Å². The normalized spacial score (nSPS) is 24.3. The molecule has 3 saturated heterocycles. The van der Waals surface area contributed by atoms with Crippen molar-refractivity contribution in [2.45, 2.75) is 88.4 Å². The van der Waals surface area contributed by atoms with Crippen LogP contribution < -0.4 is 20.7 Å². The standard InChI is InChI=1S/C42H48ClN9O6/c43-34-21-31(7-3-26(34)22-44)58-30-8-4-27(5-9-30)48-39(54)35(45)11-13-37(46)51-18-15-25(16-19-51)23-50-17-1-2-29(24-50)47-28-6-10-32-33(20-28)42(57)52(41(32)56)36-12-14-38(53)49-40(36)55/h3,6-7,10-11,13,20-21,25,27,29-30,36,45-47H,1-2,4-5,8-9,12,14-19,23-24H2,(H,48,54)(H,49,53,55)/b13-11-,45-35?,46-37?/t27?,29-,30?,36?/m1/s1. The Kier molecular flexibility index (Phi) is 12.5. The van der Waals surface area contributed by atoms with Crippen LogP contribution in [0.1, 0.15) is 90.5 Å². The number of hydrogen-bond donors (Lipinski definition) is 5. The highest BCUT2D eigenvalue weighted by Gasteiger charge is 2.44. The van der Waals surface area contributed by atoms with Crippen LogP contribution in [0.4, 0.5) is 5.69 Å². The van der Waals surface area contributed by atoms with Gasteiger partial charge in [0.05, 0.1) is 27.8 Å². The number of carbonyl (C=O) groups is 5. The first-order valence-electron chi connectivity index (χ1n) is 20.1. The van der Waals surface area contributed by atoms with E-state index in [0.29, 0.717) is 35.1 Å². The maximum Gasteiger partial charge on any atom is 0.269 e. The highest BCUT2D eigenvalue weighted by atomic mass is 35.5. The lowest BCUT2D eigenvalue weighted by molar-refractivity contribution is -0.136. The first-order chi connectivity index (χ1) is 27.9. The highest BCUT2D eigenvalue weighted by Crippen LogP contribution is 2.31. The largest absolute Gasteiger partial charge is 0.490 e. The van der Waals surface area contributed by atoms with Gasteiger partial charge in [0, 0.05) is 56.4 Å². The second-order valence-electron chi connectivity index (χ2n) is 15.8. The first kappa shape index (κ1) is 40.6. The number of carbonyl (C=O) groups excluding carboxylic acids is 5. The van der Waals surface area contributed by atoms with Gasteiger partial charge in [-0.2, -0.15) is 5.26 Å². The third-order valence-electron chi connectivity index (χ3n) is 11.8. The van der Waals surface area contributed by atoms with Crippen molar-refractivity contribution in [3.63, 3.8) is 0 Å². The molecule has 2 aromatic carbocycles. The van der Waals surface area contributed by atoms with Gasteiger partial charge in [-0.15, -0.1) is 0 Å². The lowest BCUT2D eigenvalue weighted by Gasteiger charge is -2.39. The third kappa shape index (κ3) is 9.40. The fourth-order valence-electron chi connectivity index (χ4n) is 8.64. The number of nitrogens with one attached hydrogen (secondary N) is 5. The number of rotatable bonds is 11. The molecule has 1 saturated carbocycles. The number of hydrogen-bond acceptors (Lipinski definition) is 11. The van der Waals surface area contributed by atoms with Gasteiger partial charge in [-0.25, -0.2) is 0 Å². The minimum Gasteiger partial charge on any atom is -0.490 e. The smallest absolute Gasteiger partial charge is 0.269 e. The number of imide groups is 2. The first-order valence-corrected chi connectivity index (χ1v) is 20.4. The molecule has 1 aliphatic carbocycles. The molecular weight excluding hydrogens is 762 g/mol. The number of anilines is 1. The van der Waals surface area contributed by atoms with Crippen LogP contribution in [0.15, 0.2) is 48.6 Å². The fourth-order valence-corrected chi connectivity index (χ4v) is 8.85. The number of amidine groups is 1. The number of amides is 5. The van der Waals surface area contributed by atoms with Gasteiger partial charge in [0.15, 0.2) is 0 Å². The summed E-state index contributed by atoms with van der Waals surface area (Å²) in [6.07, 6.45) is 9.84. The third-order valence-corrected chi connectivity index (χ3v) is 12.1. The molecule has 304 valence electrons. The number of fused-ring (bicyclic) bond motifs is 1. The Bertz CT molecular complexity index is 2070. The van der Waals surface area contributed by atoms with Crippen molar-refractivity contribution < 1.29 is 28.7 Å². The van der Waals surface area contributed by atoms with Gasteiger partial charge in [-0.3, -0.25) is 45.0 Å². The Morgan fingerprint density at radius 1 is 0.914 bits per heavy atom. The monoisotopic (exact) mass is 809 g/mol. The number of nitriles is 1. The van der Waals surface area contributed by atoms with E-state index < -0.39 is 35.6 Å². The fraction of sp³-hybridized carbons (Fsp3) is 0.476. The van der Waals surface area contributed by atoms with E-state index in [2.05, 4.69) is 20.9 Å². The molecular formula is C42H48ClN9O6. The quantitative estimate of drug-likeness (QED) is 0.124. The molecule has 5 aliphatic rings. The molecule has 5 amide bonds. The number of nitrogens with zero attached hydrogens (tertiary/aromatic N) is 4. The number of halogens is 1. The van der Waals surface area contributed by atoms with Gasteiger partial charge >= 0.3 is 0 Å². The summed E-state index contributed by atoms with van der Waals surface area (Å²) in [5, 5.41) is 35.1. The van der Waals surface area contributed by atoms with Gasteiger partial charge in [0.25, 0.3) is 17.7 Å². The van der Waals surface area contributed by atoms with Crippen molar-refractivity contribution in [2.24, 2.45) is 5.92 Å². The summed E-state index contributed by atoms with van der Waals surface area (Å²) in [4.78, 5) is 68.6. The summed E-state index contributed by atoms with van der Waals surface area (Å²) >= 11 is 6.13. The van der Waals surface area contributed by atoms with Crippen LogP contribution in [0.25, 0.3) is 0 Å². The van der Waals surface area contributed by atoms with Crippen LogP contribution in [0.3, 0.4) is 0 Å². The lowest BCUT2D eigenvalue weighted by Crippen LogP contribution is -2.54. The van der Waals surface area contributed by atoms with E-state index in [-0.39, 0.29) is 53.7 Å². The molecule has 5 N–H and O–H groups in total. The Morgan fingerprint density at radius 3 is 2.40 bits per heavy atom. The average molecular weight is 810 g/mol. The van der Waals surface area contributed by atoms with Gasteiger partial charge in [-0.1, -0.05) is 11.6 Å². The second-order valence-corrected chi connectivity index (χ2v) is 16.2. The van der Waals surface area contributed by atoms with Crippen molar-refractivity contribution in [1.29, 1.82) is 16.1 Å². The van der Waals surface area contributed by atoms with E-state index >= 15 is 0 Å². The van der Waals surface area contributed by atoms with E-state index in [9.17, 15) is 24.0 Å². The molecule has 7 rings (SSSR count). The number of ether oxygens (including phenoxy) is 1. The Hall–Kier alpha value is -5.59. The molecule has 0 aromatic heterocycles. The van der Waals surface area contributed by atoms with Gasteiger partial charge in [0.2, 0.25) is 11.8 Å². The Morgan fingerprint density at radius 2 is 1.67 bits per heavy atom. The van der Waals surface area contributed by atoms with Gasteiger partial charge < -0.3 is 25.2 Å². The van der Waals surface area contributed by atoms with E-state index in [1.54, 1.807) is 36.4 Å². The number of piperidine rings is 3. The van der Waals surface area contributed by atoms with Crippen LogP contribution in [0.2, 0.25) is 5.02 Å². The molecule has 0 spiro atoms. The van der Waals surface area contributed by atoms with Crippen molar-refractivity contribution in [2.75, 3.05) is 38.0 Å². The molecule has 16 heteroatoms. The van der Waals surface area contributed by atoms with Crippen molar-refractivity contribution in [3.8, 4) is 11.8 Å². The number of benzene rings is 2. The summed E-state index contributed by atoms with van der Waals surface area (Å²) < 4.78 is 6.04. The van der Waals surface area contributed by atoms with Crippen LogP contribution in [-0.4, -0.2) is 113 Å². The maximum atomic E-state index is 13.3. The predicted molar refractivity (Wildman–Crippen MR) is 216 cm³/mol. The molecule has 2 aromatic rings. The predicted octanol–water partition coefficient (Wildman–Crippen LogP) is 4.26. The molecule has 2 atom stereocenters. The lowest BCUT2D eigenvalue weighted by atomic mass is 9.92. The van der Waals surface area contributed by atoms with E-state index in [4.69, 9.17) is 32.4 Å². The number of likely N-dealkylation sites (tertiary alicyclic amines) is 2. The van der Waals surface area contributed by atoms with Crippen molar-refractivity contribution in [3.05, 3.63) is 70.3 Å². The van der Waals surface area contributed by atoms with E-state index in [0.717, 1.165) is 81.8 Å². The van der Waals surface area contributed by atoms with Crippen LogP contribution in [0, 0.1) is 28.1 Å². The molecule has 4 aliphatic heterocycles. The zero-order valence-electron chi connectivity index (χ0n) is 32.2. The molecule has 4 heterocycles. The summed E-state index contributed by atoms with van der Waals surface area (Å²) in [5.74, 6) is -1.17.